The zero-order chi connectivity index (χ0) is 60.5. The van der Waals surface area contributed by atoms with Crippen LogP contribution in [0.1, 0.15) is 72.2 Å². The van der Waals surface area contributed by atoms with Crippen LogP contribution in [0.4, 0.5) is 0 Å². The Morgan fingerprint density at radius 2 is 0.622 bits per heavy atom. The van der Waals surface area contributed by atoms with E-state index in [1.807, 2.05) is 24.3 Å². The van der Waals surface area contributed by atoms with Crippen LogP contribution in [0.3, 0.4) is 0 Å². The first-order chi connectivity index (χ1) is 44.0. The average molecular weight is 1260 g/mol. The van der Waals surface area contributed by atoms with E-state index in [9.17, 15) is 0 Å². The first-order valence-corrected chi connectivity index (χ1v) is 33.2. The van der Waals surface area contributed by atoms with Gasteiger partial charge in [-0.05, 0) is 176 Å². The van der Waals surface area contributed by atoms with Gasteiger partial charge >= 0.3 is 7.12 Å². The summed E-state index contributed by atoms with van der Waals surface area (Å²) in [7, 11) is -0.320. The van der Waals surface area contributed by atoms with Crippen molar-refractivity contribution in [3.63, 3.8) is 0 Å². The van der Waals surface area contributed by atoms with Crippen LogP contribution in [-0.4, -0.2) is 28.3 Å². The largest absolute Gasteiger partial charge is 0.494 e. The molecule has 4 aliphatic carbocycles. The van der Waals surface area contributed by atoms with E-state index in [1.54, 1.807) is 22.7 Å². The van der Waals surface area contributed by atoms with Gasteiger partial charge in [-0.1, -0.05) is 253 Å². The molecule has 2 spiro atoms. The van der Waals surface area contributed by atoms with Crippen LogP contribution in [0.2, 0.25) is 0 Å². The van der Waals surface area contributed by atoms with Crippen molar-refractivity contribution in [3.05, 3.63) is 328 Å². The fraction of sp³-hybridized carbons (Fsp3) is 0.0976. The molecule has 0 unspecified atom stereocenters. The van der Waals surface area contributed by atoms with E-state index in [2.05, 4.69) is 298 Å². The third-order valence-electron chi connectivity index (χ3n) is 19.7. The lowest BCUT2D eigenvalue weighted by molar-refractivity contribution is 0.00578. The van der Waals surface area contributed by atoms with Crippen molar-refractivity contribution in [1.82, 2.24) is 9.97 Å². The molecule has 0 atom stereocenters. The number of nitrogens with zero attached hydrogens (tertiary/aromatic N) is 2. The Hall–Kier alpha value is -9.12. The highest BCUT2D eigenvalue weighted by Gasteiger charge is 2.54. The molecule has 0 amide bonds. The van der Waals surface area contributed by atoms with Crippen LogP contribution >= 0.6 is 38.6 Å². The molecule has 90 heavy (non-hydrogen) atoms. The molecule has 0 saturated carbocycles. The van der Waals surface area contributed by atoms with Gasteiger partial charge in [0.2, 0.25) is 0 Å². The molecule has 19 rings (SSSR count). The number of halogens is 1. The van der Waals surface area contributed by atoms with Gasteiger partial charge < -0.3 is 9.31 Å². The van der Waals surface area contributed by atoms with Gasteiger partial charge in [0.15, 0.2) is 0 Å². The van der Waals surface area contributed by atoms with E-state index < -0.39 is 0 Å². The van der Waals surface area contributed by atoms with Crippen LogP contribution in [0, 0.1) is 0 Å². The molecular formula is C82H58BBrN2O2S2. The minimum Gasteiger partial charge on any atom is -0.399 e. The molecule has 0 radical (unpaired) electrons. The molecule has 12 aromatic carbocycles. The number of hydrogen-bond donors (Lipinski definition) is 0. The van der Waals surface area contributed by atoms with Crippen molar-refractivity contribution in [1.29, 1.82) is 0 Å². The molecule has 5 aliphatic rings. The molecule has 1 aliphatic heterocycles. The smallest absolute Gasteiger partial charge is 0.399 e. The summed E-state index contributed by atoms with van der Waals surface area (Å²) < 4.78 is 15.8. The predicted molar refractivity (Wildman–Crippen MR) is 378 cm³/mol. The number of rotatable bonds is 4. The zero-order valence-electron chi connectivity index (χ0n) is 50.0. The molecule has 1 saturated heterocycles. The second-order valence-electron chi connectivity index (χ2n) is 25.0. The molecule has 14 aromatic rings. The molecular weight excluding hydrogens is 1200 g/mol. The highest BCUT2D eigenvalue weighted by atomic mass is 79.9. The first kappa shape index (κ1) is 55.0. The minimum atomic E-state index is -0.320. The molecule has 0 N–H and O–H groups in total. The summed E-state index contributed by atoms with van der Waals surface area (Å²) in [6, 6.07) is 101. The number of fused-ring (bicyclic) bond motifs is 22. The van der Waals surface area contributed by atoms with Gasteiger partial charge in [-0.2, -0.15) is 0 Å². The summed E-state index contributed by atoms with van der Waals surface area (Å²) in [5.41, 5.74) is 28.6. The SMILES string of the molecule is Brc1ccc2c(c1)-c1ccccc1C21c2ccccc2-c2ccccc21.CC1(C)OB(c2ccc(-c3nc4ccccc4s3)cc2)OC1(C)C.c1ccc2c(c1)-c1ccccc1C21c2ccccc2-c2cc(-c3ccc(-c4nc5ccccc5s4)cc3)ccc21. The summed E-state index contributed by atoms with van der Waals surface area (Å²) in [6.45, 7) is 8.29. The van der Waals surface area contributed by atoms with Crippen molar-refractivity contribution < 1.29 is 9.31 Å². The molecule has 8 heteroatoms. The monoisotopic (exact) mass is 1260 g/mol. The number of benzene rings is 12. The van der Waals surface area contributed by atoms with E-state index in [-0.39, 0.29) is 29.2 Å². The van der Waals surface area contributed by atoms with E-state index in [0.29, 0.717) is 0 Å². The van der Waals surface area contributed by atoms with Crippen LogP contribution in [-0.2, 0) is 20.1 Å². The van der Waals surface area contributed by atoms with Crippen molar-refractivity contribution in [2.75, 3.05) is 0 Å². The Morgan fingerprint density at radius 3 is 1.03 bits per heavy atom. The Bertz CT molecular complexity index is 5030. The summed E-state index contributed by atoms with van der Waals surface area (Å²) in [4.78, 5) is 9.57. The van der Waals surface area contributed by atoms with Gasteiger partial charge in [-0.15, -0.1) is 22.7 Å². The summed E-state index contributed by atoms with van der Waals surface area (Å²) in [6.07, 6.45) is 0. The lowest BCUT2D eigenvalue weighted by Crippen LogP contribution is -2.41. The van der Waals surface area contributed by atoms with Gasteiger partial charge in [0, 0.05) is 15.6 Å². The van der Waals surface area contributed by atoms with Gasteiger partial charge in [0.1, 0.15) is 10.0 Å². The fourth-order valence-electron chi connectivity index (χ4n) is 14.9. The van der Waals surface area contributed by atoms with Crippen molar-refractivity contribution in [2.45, 2.75) is 49.7 Å². The van der Waals surface area contributed by atoms with Crippen molar-refractivity contribution in [2.24, 2.45) is 0 Å². The number of para-hydroxylation sites is 2. The molecule has 0 bridgehead atoms. The van der Waals surface area contributed by atoms with Crippen LogP contribution in [0.15, 0.2) is 284 Å². The fourth-order valence-corrected chi connectivity index (χ4v) is 17.2. The number of aromatic nitrogens is 2. The van der Waals surface area contributed by atoms with Crippen molar-refractivity contribution >= 4 is 71.6 Å². The number of thiazole rings is 2. The molecule has 3 heterocycles. The van der Waals surface area contributed by atoms with E-state index in [0.717, 1.165) is 42.1 Å². The average Bonchev–Trinajstić information content (AvgIpc) is 1.52. The highest BCUT2D eigenvalue weighted by molar-refractivity contribution is 9.10. The first-order valence-electron chi connectivity index (χ1n) is 30.8. The predicted octanol–water partition coefficient (Wildman–Crippen LogP) is 21.0. The highest BCUT2D eigenvalue weighted by Crippen LogP contribution is 2.65. The van der Waals surface area contributed by atoms with Gasteiger partial charge in [0.05, 0.1) is 42.5 Å². The second-order valence-corrected chi connectivity index (χ2v) is 28.0. The lowest BCUT2D eigenvalue weighted by atomic mass is 9.70. The summed E-state index contributed by atoms with van der Waals surface area (Å²) in [5, 5.41) is 2.10. The Balaban J connectivity index is 0.000000109. The maximum atomic E-state index is 6.11. The minimum absolute atomic E-state index is 0.209. The third kappa shape index (κ3) is 8.32. The van der Waals surface area contributed by atoms with Gasteiger partial charge in [-0.25, -0.2) is 9.97 Å². The normalized spacial score (nSPS) is 15.4. The van der Waals surface area contributed by atoms with Crippen molar-refractivity contribution in [3.8, 4) is 76.8 Å². The number of hydrogen-bond acceptors (Lipinski definition) is 6. The second kappa shape index (κ2) is 21.0. The van der Waals surface area contributed by atoms with Gasteiger partial charge in [-0.3, -0.25) is 0 Å². The zero-order valence-corrected chi connectivity index (χ0v) is 53.3. The lowest BCUT2D eigenvalue weighted by Gasteiger charge is -2.32. The third-order valence-corrected chi connectivity index (χ3v) is 22.4. The quantitative estimate of drug-likeness (QED) is 0.165. The maximum Gasteiger partial charge on any atom is 0.494 e. The Kier molecular flexibility index (Phi) is 12.8. The van der Waals surface area contributed by atoms with Crippen LogP contribution in [0.5, 0.6) is 0 Å². The van der Waals surface area contributed by atoms with Gasteiger partial charge in [0.25, 0.3) is 0 Å². The van der Waals surface area contributed by atoms with E-state index in [1.165, 1.54) is 110 Å². The standard InChI is InChI=1S/C38H23NS.C25H15Br.C19H20BNO2S/c1-4-12-31-27(9-1)28-10-2-5-13-32(28)38(31)33-14-6-3-11-29(33)30-23-26(21-22-34(30)38)24-17-19-25(20-18-24)37-39-35-15-7-8-16-36(35)40-37;26-16-13-14-24-20(15-16)19-9-3-6-12-23(19)25(24)21-10-4-1-7-17(21)18-8-2-5-11-22(18)25;1-18(2)19(3,4)23-20(22-18)14-11-9-13(10-12-14)17-21-15-7-5-6-8-16(15)24-17/h1-23H;1-15H;5-12H,1-4H3. The topological polar surface area (TPSA) is 44.2 Å². The molecule has 430 valence electrons. The van der Waals surface area contributed by atoms with Crippen LogP contribution < -0.4 is 5.46 Å². The van der Waals surface area contributed by atoms with Crippen LogP contribution in [0.25, 0.3) is 97.2 Å². The summed E-state index contributed by atoms with van der Waals surface area (Å²) >= 11 is 7.14. The molecule has 1 fully saturated rings. The summed E-state index contributed by atoms with van der Waals surface area (Å²) in [5.74, 6) is 0. The van der Waals surface area contributed by atoms with E-state index in [4.69, 9.17) is 19.3 Å². The Morgan fingerprint density at radius 1 is 0.311 bits per heavy atom. The Labute approximate surface area is 541 Å². The maximum absolute atomic E-state index is 6.11. The molecule has 2 aromatic heterocycles. The van der Waals surface area contributed by atoms with E-state index >= 15 is 0 Å². The molecule has 4 nitrogen and oxygen atoms in total.